The summed E-state index contributed by atoms with van der Waals surface area (Å²) in [6.45, 7) is 6.03. The Morgan fingerprint density at radius 3 is 2.42 bits per heavy atom. The number of carbonyl (C=O) groups excluding carboxylic acids is 1. The van der Waals surface area contributed by atoms with Gasteiger partial charge in [-0.2, -0.15) is 13.2 Å². The van der Waals surface area contributed by atoms with Crippen molar-refractivity contribution in [3.63, 3.8) is 0 Å². The number of amides is 1. The molecule has 9 heteroatoms. The molecular weight excluding hydrogens is 425 g/mol. The summed E-state index contributed by atoms with van der Waals surface area (Å²) < 4.78 is 39.4. The number of aromatic nitrogens is 2. The SMILES string of the molecule is Cc1nc(-c2cccc(C(F)(F)F)c2)nc(N2CCN(C(=O)c3cccs3)CC2)c1C. The van der Waals surface area contributed by atoms with Gasteiger partial charge in [-0.3, -0.25) is 4.79 Å². The quantitative estimate of drug-likeness (QED) is 0.580. The summed E-state index contributed by atoms with van der Waals surface area (Å²) in [7, 11) is 0. The van der Waals surface area contributed by atoms with E-state index in [1.807, 2.05) is 36.3 Å². The fraction of sp³-hybridized carbons (Fsp3) is 0.318. The van der Waals surface area contributed by atoms with Crippen molar-refractivity contribution in [2.75, 3.05) is 31.1 Å². The highest BCUT2D eigenvalue weighted by Gasteiger charge is 2.31. The van der Waals surface area contributed by atoms with E-state index >= 15 is 0 Å². The number of alkyl halides is 3. The zero-order chi connectivity index (χ0) is 22.2. The van der Waals surface area contributed by atoms with E-state index in [2.05, 4.69) is 14.9 Å². The number of carbonyl (C=O) groups is 1. The first-order valence-corrected chi connectivity index (χ1v) is 10.7. The minimum absolute atomic E-state index is 0.0231. The van der Waals surface area contributed by atoms with Crippen LogP contribution in [-0.4, -0.2) is 47.0 Å². The van der Waals surface area contributed by atoms with E-state index in [1.165, 1.54) is 17.4 Å². The molecule has 0 radical (unpaired) electrons. The van der Waals surface area contributed by atoms with E-state index in [0.29, 0.717) is 42.4 Å². The molecule has 3 heterocycles. The van der Waals surface area contributed by atoms with E-state index in [-0.39, 0.29) is 11.7 Å². The van der Waals surface area contributed by atoms with Gasteiger partial charge in [0.05, 0.1) is 10.4 Å². The highest BCUT2D eigenvalue weighted by Crippen LogP contribution is 2.32. The van der Waals surface area contributed by atoms with Crippen molar-refractivity contribution in [3.8, 4) is 11.4 Å². The topological polar surface area (TPSA) is 49.3 Å². The lowest BCUT2D eigenvalue weighted by Gasteiger charge is -2.36. The molecule has 0 aliphatic carbocycles. The Labute approximate surface area is 182 Å². The normalized spacial score (nSPS) is 14.7. The van der Waals surface area contributed by atoms with Crippen molar-refractivity contribution in [2.45, 2.75) is 20.0 Å². The zero-order valence-corrected chi connectivity index (χ0v) is 17.9. The monoisotopic (exact) mass is 446 g/mol. The van der Waals surface area contributed by atoms with Crippen LogP contribution in [0.1, 0.15) is 26.5 Å². The number of rotatable bonds is 3. The Morgan fingerprint density at radius 1 is 1.03 bits per heavy atom. The van der Waals surface area contributed by atoms with Crippen LogP contribution in [0, 0.1) is 13.8 Å². The molecule has 1 amide bonds. The third-order valence-corrected chi connectivity index (χ3v) is 6.27. The van der Waals surface area contributed by atoms with Gasteiger partial charge in [0.15, 0.2) is 5.82 Å². The van der Waals surface area contributed by atoms with Crippen LogP contribution in [0.4, 0.5) is 19.0 Å². The van der Waals surface area contributed by atoms with E-state index in [0.717, 1.165) is 23.4 Å². The number of thiophene rings is 1. The molecule has 4 rings (SSSR count). The smallest absolute Gasteiger partial charge is 0.353 e. The third kappa shape index (κ3) is 4.41. The van der Waals surface area contributed by atoms with Crippen molar-refractivity contribution < 1.29 is 18.0 Å². The molecule has 1 aliphatic rings. The van der Waals surface area contributed by atoms with E-state index in [9.17, 15) is 18.0 Å². The molecule has 1 aromatic carbocycles. The Bertz CT molecular complexity index is 1090. The molecule has 3 aromatic rings. The molecule has 31 heavy (non-hydrogen) atoms. The van der Waals surface area contributed by atoms with Crippen LogP contribution in [0.3, 0.4) is 0 Å². The van der Waals surface area contributed by atoms with Gasteiger partial charge in [0.2, 0.25) is 0 Å². The van der Waals surface area contributed by atoms with Crippen LogP contribution in [0.2, 0.25) is 0 Å². The average molecular weight is 446 g/mol. The summed E-state index contributed by atoms with van der Waals surface area (Å²) in [4.78, 5) is 26.2. The molecule has 162 valence electrons. The summed E-state index contributed by atoms with van der Waals surface area (Å²) in [6, 6.07) is 8.74. The first-order valence-electron chi connectivity index (χ1n) is 9.84. The number of halogens is 3. The number of hydrogen-bond donors (Lipinski definition) is 0. The van der Waals surface area contributed by atoms with Crippen molar-refractivity contribution >= 4 is 23.1 Å². The van der Waals surface area contributed by atoms with Crippen molar-refractivity contribution in [2.24, 2.45) is 0 Å². The van der Waals surface area contributed by atoms with Crippen LogP contribution in [0.25, 0.3) is 11.4 Å². The second-order valence-corrected chi connectivity index (χ2v) is 8.36. The van der Waals surface area contributed by atoms with Crippen LogP contribution >= 0.6 is 11.3 Å². The summed E-state index contributed by atoms with van der Waals surface area (Å²) >= 11 is 1.42. The number of piperazine rings is 1. The predicted molar refractivity (Wildman–Crippen MR) is 114 cm³/mol. The van der Waals surface area contributed by atoms with Gasteiger partial charge in [-0.05, 0) is 37.4 Å². The standard InChI is InChI=1S/C22H21F3N4OS/c1-14-15(2)26-19(16-5-3-6-17(13-16)22(23,24)25)27-20(14)28-8-10-29(11-9-28)21(30)18-7-4-12-31-18/h3-7,12-13H,8-11H2,1-2H3. The van der Waals surface area contributed by atoms with Gasteiger partial charge in [-0.25, -0.2) is 9.97 Å². The summed E-state index contributed by atoms with van der Waals surface area (Å²) in [6.07, 6.45) is -4.43. The predicted octanol–water partition coefficient (Wildman–Crippen LogP) is 4.80. The highest BCUT2D eigenvalue weighted by molar-refractivity contribution is 7.12. The number of anilines is 1. The van der Waals surface area contributed by atoms with Gasteiger partial charge in [-0.15, -0.1) is 11.3 Å². The number of benzene rings is 1. The molecule has 0 atom stereocenters. The molecule has 1 aliphatic heterocycles. The Morgan fingerprint density at radius 2 is 1.77 bits per heavy atom. The molecule has 0 spiro atoms. The molecule has 0 bridgehead atoms. The van der Waals surface area contributed by atoms with Gasteiger partial charge in [0.25, 0.3) is 5.91 Å². The van der Waals surface area contributed by atoms with E-state index < -0.39 is 11.7 Å². The molecule has 0 saturated carbocycles. The summed E-state index contributed by atoms with van der Waals surface area (Å²) in [5.41, 5.74) is 1.20. The minimum Gasteiger partial charge on any atom is -0.353 e. The molecule has 0 N–H and O–H groups in total. The largest absolute Gasteiger partial charge is 0.416 e. The van der Waals surface area contributed by atoms with Crippen LogP contribution < -0.4 is 4.90 Å². The molecule has 1 saturated heterocycles. The fourth-order valence-electron chi connectivity index (χ4n) is 3.56. The number of hydrogen-bond acceptors (Lipinski definition) is 5. The van der Waals surface area contributed by atoms with Crippen molar-refractivity contribution in [3.05, 3.63) is 63.5 Å². The maximum atomic E-state index is 13.1. The number of aryl methyl sites for hydroxylation is 1. The highest BCUT2D eigenvalue weighted by atomic mass is 32.1. The Kier molecular flexibility index (Phi) is 5.70. The van der Waals surface area contributed by atoms with Crippen molar-refractivity contribution in [1.29, 1.82) is 0 Å². The minimum atomic E-state index is -4.43. The molecule has 0 unspecified atom stereocenters. The van der Waals surface area contributed by atoms with Crippen LogP contribution in [0.15, 0.2) is 41.8 Å². The summed E-state index contributed by atoms with van der Waals surface area (Å²) in [5, 5.41) is 1.88. The van der Waals surface area contributed by atoms with Crippen LogP contribution in [-0.2, 0) is 6.18 Å². The Balaban J connectivity index is 1.58. The third-order valence-electron chi connectivity index (χ3n) is 5.41. The lowest BCUT2D eigenvalue weighted by molar-refractivity contribution is -0.137. The van der Waals surface area contributed by atoms with Crippen molar-refractivity contribution in [1.82, 2.24) is 14.9 Å². The van der Waals surface area contributed by atoms with Crippen LogP contribution in [0.5, 0.6) is 0 Å². The number of nitrogens with zero attached hydrogens (tertiary/aromatic N) is 4. The maximum Gasteiger partial charge on any atom is 0.416 e. The molecule has 2 aromatic heterocycles. The molecule has 1 fully saturated rings. The summed E-state index contributed by atoms with van der Waals surface area (Å²) in [5.74, 6) is 0.985. The lowest BCUT2D eigenvalue weighted by atomic mass is 10.1. The maximum absolute atomic E-state index is 13.1. The van der Waals surface area contributed by atoms with Gasteiger partial charge >= 0.3 is 6.18 Å². The average Bonchev–Trinajstić information content (AvgIpc) is 3.30. The van der Waals surface area contributed by atoms with Gasteiger partial charge < -0.3 is 9.80 Å². The van der Waals surface area contributed by atoms with Gasteiger partial charge in [0, 0.05) is 43.0 Å². The molecule has 5 nitrogen and oxygen atoms in total. The second-order valence-electron chi connectivity index (χ2n) is 7.42. The first kappa shape index (κ1) is 21.3. The Hall–Kier alpha value is -2.94. The second kappa shape index (κ2) is 8.30. The fourth-order valence-corrected chi connectivity index (χ4v) is 4.25. The van der Waals surface area contributed by atoms with Gasteiger partial charge in [-0.1, -0.05) is 18.2 Å². The first-order chi connectivity index (χ1) is 14.7. The lowest BCUT2D eigenvalue weighted by Crippen LogP contribution is -2.49. The van der Waals surface area contributed by atoms with E-state index in [4.69, 9.17) is 0 Å². The van der Waals surface area contributed by atoms with Gasteiger partial charge in [0.1, 0.15) is 5.82 Å². The molecular formula is C22H21F3N4OS. The zero-order valence-electron chi connectivity index (χ0n) is 17.1. The van der Waals surface area contributed by atoms with E-state index in [1.54, 1.807) is 6.07 Å².